The van der Waals surface area contributed by atoms with E-state index >= 15 is 0 Å². The first kappa shape index (κ1) is 20.7. The highest BCUT2D eigenvalue weighted by molar-refractivity contribution is 6.17. The van der Waals surface area contributed by atoms with E-state index in [1.54, 1.807) is 0 Å². The van der Waals surface area contributed by atoms with Crippen molar-refractivity contribution in [1.82, 2.24) is 9.97 Å². The highest BCUT2D eigenvalue weighted by Crippen LogP contribution is 2.32. The fourth-order valence-electron chi connectivity index (χ4n) is 4.91. The van der Waals surface area contributed by atoms with Gasteiger partial charge in [-0.15, -0.1) is 0 Å². The summed E-state index contributed by atoms with van der Waals surface area (Å²) in [6.45, 7) is 17.5. The van der Waals surface area contributed by atoms with Gasteiger partial charge in [0.05, 0.1) is 28.9 Å². The van der Waals surface area contributed by atoms with Crippen LogP contribution in [0.4, 0.5) is 0 Å². The van der Waals surface area contributed by atoms with Crippen LogP contribution in [0.3, 0.4) is 0 Å². The van der Waals surface area contributed by atoms with Gasteiger partial charge in [-0.2, -0.15) is 0 Å². The molecule has 5 rings (SSSR count). The minimum absolute atomic E-state index is 0.188. The van der Waals surface area contributed by atoms with Crippen LogP contribution in [0.15, 0.2) is 44.1 Å². The number of aliphatic imine (C=N–C) groups is 2. The van der Waals surface area contributed by atoms with Crippen LogP contribution in [0.5, 0.6) is 0 Å². The van der Waals surface area contributed by atoms with Gasteiger partial charge in [0.15, 0.2) is 0 Å². The van der Waals surface area contributed by atoms with Crippen molar-refractivity contribution in [3.63, 3.8) is 0 Å². The van der Waals surface area contributed by atoms with Gasteiger partial charge in [0.25, 0.3) is 0 Å². The largest absolute Gasteiger partial charge is 0.355 e. The lowest BCUT2D eigenvalue weighted by Gasteiger charge is -2.05. The molecule has 8 bridgehead atoms. The predicted molar refractivity (Wildman–Crippen MR) is 135 cm³/mol. The van der Waals surface area contributed by atoms with Crippen LogP contribution in [0.1, 0.15) is 67.8 Å². The molecule has 3 aliphatic rings. The summed E-state index contributed by atoms with van der Waals surface area (Å²) in [7, 11) is 0. The maximum absolute atomic E-state index is 5.09. The Morgan fingerprint density at radius 1 is 0.750 bits per heavy atom. The second-order valence-electron chi connectivity index (χ2n) is 9.53. The lowest BCUT2D eigenvalue weighted by atomic mass is 10.0. The zero-order chi connectivity index (χ0) is 22.9. The molecule has 0 saturated heterocycles. The van der Waals surface area contributed by atoms with E-state index in [0.29, 0.717) is 0 Å². The normalized spacial score (nSPS) is 24.0. The number of aromatic nitrogens is 2. The van der Waals surface area contributed by atoms with Gasteiger partial charge in [0, 0.05) is 16.4 Å². The second-order valence-corrected chi connectivity index (χ2v) is 9.53. The highest BCUT2D eigenvalue weighted by atomic mass is 14.9. The Bertz CT molecular complexity index is 1460. The van der Waals surface area contributed by atoms with Crippen molar-refractivity contribution in [2.45, 2.75) is 67.9 Å². The summed E-state index contributed by atoms with van der Waals surface area (Å²) in [6.07, 6.45) is 7.63. The molecule has 4 nitrogen and oxygen atoms in total. The number of rotatable bonds is 0. The molecule has 5 heterocycles. The lowest BCUT2D eigenvalue weighted by molar-refractivity contribution is 0.819. The van der Waals surface area contributed by atoms with Gasteiger partial charge >= 0.3 is 0 Å². The first-order valence-electron chi connectivity index (χ1n) is 11.5. The molecule has 2 aromatic rings. The highest BCUT2D eigenvalue weighted by Gasteiger charge is 2.26. The molecule has 0 saturated carbocycles. The van der Waals surface area contributed by atoms with Gasteiger partial charge in [-0.05, 0) is 119 Å². The standard InChI is InChI=1S/C28H32N4/c1-13-15(3)23-11-25-17(5)19(7)27(31-25)28-20(8)18(6)26(32-28)12-24-16(4)14(2)22(30-24)10-9-21(13)29-23/h9,11-12,22,29,31H,10H2,1-8H3/b21-9-,23-11-,26-12-. The maximum atomic E-state index is 5.09. The monoisotopic (exact) mass is 424 g/mol. The topological polar surface area (TPSA) is 56.3 Å². The molecular weight excluding hydrogens is 392 g/mol. The van der Waals surface area contributed by atoms with E-state index in [0.717, 1.165) is 40.3 Å². The van der Waals surface area contributed by atoms with Gasteiger partial charge in [0.1, 0.15) is 0 Å². The van der Waals surface area contributed by atoms with Crippen molar-refractivity contribution in [3.05, 3.63) is 78.4 Å². The molecule has 32 heavy (non-hydrogen) atoms. The van der Waals surface area contributed by atoms with E-state index in [2.05, 4.69) is 83.6 Å². The Labute approximate surface area is 190 Å². The molecule has 2 N–H and O–H groups in total. The maximum Gasteiger partial charge on any atom is 0.0907 e. The fraction of sp³-hybridized carbons (Fsp3) is 0.357. The molecule has 4 heteroatoms. The number of fused-ring (bicyclic) bond motifs is 7. The molecule has 2 aromatic heterocycles. The van der Waals surface area contributed by atoms with Crippen LogP contribution in [0.2, 0.25) is 0 Å². The van der Waals surface area contributed by atoms with Crippen LogP contribution in [-0.2, 0) is 0 Å². The van der Waals surface area contributed by atoms with Crippen LogP contribution < -0.4 is 10.7 Å². The number of nitrogens with zero attached hydrogens (tertiary/aromatic N) is 2. The molecule has 0 aliphatic carbocycles. The Morgan fingerprint density at radius 2 is 1.47 bits per heavy atom. The third kappa shape index (κ3) is 2.96. The van der Waals surface area contributed by atoms with E-state index in [9.17, 15) is 0 Å². The smallest absolute Gasteiger partial charge is 0.0907 e. The summed E-state index contributed by atoms with van der Waals surface area (Å²) >= 11 is 0. The SMILES string of the molecule is CC1=C(C)/C2=C/C3=NC(C/C=c4\[nH]/c(c(C)c4C)=C\c4[nH]c(c(C)c4C)C1=N2)C(C)=C3C. The third-order valence-electron chi connectivity index (χ3n) is 7.89. The average Bonchev–Trinajstić information content (AvgIpc) is 3.40. The molecule has 0 radical (unpaired) electrons. The van der Waals surface area contributed by atoms with E-state index in [4.69, 9.17) is 9.98 Å². The third-order valence-corrected chi connectivity index (χ3v) is 7.89. The fourth-order valence-corrected chi connectivity index (χ4v) is 4.91. The summed E-state index contributed by atoms with van der Waals surface area (Å²) < 4.78 is 0. The number of H-pyrrole nitrogens is 2. The summed E-state index contributed by atoms with van der Waals surface area (Å²) in [5.74, 6) is 0. The molecule has 164 valence electrons. The first-order valence-corrected chi connectivity index (χ1v) is 11.5. The zero-order valence-electron chi connectivity index (χ0n) is 20.4. The van der Waals surface area contributed by atoms with Crippen molar-refractivity contribution in [1.29, 1.82) is 0 Å². The summed E-state index contributed by atoms with van der Waals surface area (Å²) in [5, 5.41) is 2.36. The molecule has 3 aliphatic heterocycles. The Morgan fingerprint density at radius 3 is 2.22 bits per heavy atom. The molecule has 0 amide bonds. The number of hydrogen-bond acceptors (Lipinski definition) is 2. The van der Waals surface area contributed by atoms with Crippen molar-refractivity contribution < 1.29 is 0 Å². The minimum Gasteiger partial charge on any atom is -0.355 e. The second kappa shape index (κ2) is 7.19. The molecule has 0 fully saturated rings. The molecule has 0 aromatic carbocycles. The summed E-state index contributed by atoms with van der Waals surface area (Å²) in [6, 6.07) is 0.188. The van der Waals surface area contributed by atoms with Crippen LogP contribution in [0.25, 0.3) is 12.2 Å². The first-order chi connectivity index (χ1) is 15.2. The van der Waals surface area contributed by atoms with Crippen LogP contribution in [0, 0.1) is 27.7 Å². The summed E-state index contributed by atoms with van der Waals surface area (Å²) in [5.41, 5.74) is 15.6. The van der Waals surface area contributed by atoms with Gasteiger partial charge in [-0.25, -0.2) is 4.99 Å². The van der Waals surface area contributed by atoms with Gasteiger partial charge in [0.2, 0.25) is 0 Å². The quantitative estimate of drug-likeness (QED) is 0.612. The molecule has 1 atom stereocenters. The number of aromatic amines is 2. The van der Waals surface area contributed by atoms with E-state index in [1.807, 2.05) is 0 Å². The zero-order valence-corrected chi connectivity index (χ0v) is 20.4. The van der Waals surface area contributed by atoms with Crippen molar-refractivity contribution >= 4 is 23.6 Å². The minimum atomic E-state index is 0.188. The molecule has 1 unspecified atom stereocenters. The molecular formula is C28H32N4. The predicted octanol–water partition coefficient (Wildman–Crippen LogP) is 4.77. The Balaban J connectivity index is 1.83. The van der Waals surface area contributed by atoms with E-state index in [1.165, 1.54) is 49.9 Å². The van der Waals surface area contributed by atoms with Gasteiger partial charge < -0.3 is 9.97 Å². The summed E-state index contributed by atoms with van der Waals surface area (Å²) in [4.78, 5) is 17.5. The van der Waals surface area contributed by atoms with Crippen molar-refractivity contribution in [3.8, 4) is 0 Å². The lowest BCUT2D eigenvalue weighted by Crippen LogP contribution is -2.13. The van der Waals surface area contributed by atoms with Gasteiger partial charge in [-0.1, -0.05) is 6.08 Å². The van der Waals surface area contributed by atoms with Crippen LogP contribution >= 0.6 is 0 Å². The average molecular weight is 425 g/mol. The van der Waals surface area contributed by atoms with Crippen molar-refractivity contribution in [2.75, 3.05) is 0 Å². The van der Waals surface area contributed by atoms with Crippen molar-refractivity contribution in [2.24, 2.45) is 9.98 Å². The van der Waals surface area contributed by atoms with E-state index < -0.39 is 0 Å². The van der Waals surface area contributed by atoms with E-state index in [-0.39, 0.29) is 6.04 Å². The van der Waals surface area contributed by atoms with Crippen LogP contribution in [-0.4, -0.2) is 27.4 Å². The Hall–Kier alpha value is -3.14. The van der Waals surface area contributed by atoms with Gasteiger partial charge in [-0.3, -0.25) is 4.99 Å². The number of hydrogen-bond donors (Lipinski definition) is 2. The number of allylic oxidation sites excluding steroid dienone is 4. The number of nitrogens with one attached hydrogen (secondary N) is 2. The Kier molecular flexibility index (Phi) is 4.66. The molecule has 0 spiro atoms.